The van der Waals surface area contributed by atoms with Crippen LogP contribution in [0.15, 0.2) is 65.7 Å². The number of halogens is 6. The number of nitrogens with zero attached hydrogens (tertiary/aromatic N) is 3. The highest BCUT2D eigenvalue weighted by molar-refractivity contribution is 7.91. The van der Waals surface area contributed by atoms with Crippen LogP contribution in [0.25, 0.3) is 11.1 Å². The lowest BCUT2D eigenvalue weighted by molar-refractivity contribution is -0.120. The molecule has 0 aliphatic heterocycles. The first kappa shape index (κ1) is 31.0. The van der Waals surface area contributed by atoms with Crippen molar-refractivity contribution in [1.29, 1.82) is 0 Å². The molecule has 6 rings (SSSR count). The van der Waals surface area contributed by atoms with Gasteiger partial charge in [0.05, 0.1) is 16.3 Å². The Labute approximate surface area is 258 Å². The minimum absolute atomic E-state index is 0. The van der Waals surface area contributed by atoms with E-state index < -0.39 is 75.3 Å². The lowest BCUT2D eigenvalue weighted by Gasteiger charge is -2.21. The van der Waals surface area contributed by atoms with E-state index in [9.17, 15) is 30.8 Å². The van der Waals surface area contributed by atoms with Gasteiger partial charge in [-0.2, -0.15) is 13.9 Å². The second kappa shape index (κ2) is 11.4. The van der Waals surface area contributed by atoms with Gasteiger partial charge in [0.25, 0.3) is 12.3 Å². The smallest absolute Gasteiger partial charge is 0.293 e. The first-order valence-corrected chi connectivity index (χ1v) is 16.0. The zero-order chi connectivity index (χ0) is 32.3. The second-order valence-electron chi connectivity index (χ2n) is 11.5. The van der Waals surface area contributed by atoms with Gasteiger partial charge in [-0.25, -0.2) is 26.0 Å². The zero-order valence-electron chi connectivity index (χ0n) is 23.9. The third-order valence-electron chi connectivity index (χ3n) is 8.50. The summed E-state index contributed by atoms with van der Waals surface area (Å²) in [6.07, 6.45) is -1.97. The van der Waals surface area contributed by atoms with Crippen molar-refractivity contribution in [3.63, 3.8) is 0 Å². The molecule has 0 amide bonds. The molecule has 0 bridgehead atoms. The quantitative estimate of drug-likeness (QED) is 0.156. The Morgan fingerprint density at radius 3 is 2.40 bits per heavy atom. The maximum atomic E-state index is 15.1. The Hall–Kier alpha value is -4.00. The van der Waals surface area contributed by atoms with Gasteiger partial charge in [0, 0.05) is 44.5 Å². The third-order valence-corrected chi connectivity index (χ3v) is 10.3. The summed E-state index contributed by atoms with van der Waals surface area (Å²) >= 11 is 0. The van der Waals surface area contributed by atoms with Crippen LogP contribution < -0.4 is 0 Å². The average Bonchev–Trinajstić information content (AvgIpc) is 3.65. The fraction of sp³-hybridized carbons (Fsp3) is 0.344. The van der Waals surface area contributed by atoms with E-state index in [4.69, 9.17) is 0 Å². The molecule has 1 saturated carbocycles. The van der Waals surface area contributed by atoms with Crippen LogP contribution >= 0.6 is 0 Å². The van der Waals surface area contributed by atoms with Crippen molar-refractivity contribution < 1.29 is 42.4 Å². The summed E-state index contributed by atoms with van der Waals surface area (Å²) in [5, 5.41) is 3.73. The van der Waals surface area contributed by atoms with Gasteiger partial charge in [0.1, 0.15) is 29.6 Å². The predicted molar refractivity (Wildman–Crippen MR) is 156 cm³/mol. The Morgan fingerprint density at radius 2 is 1.76 bits per heavy atom. The van der Waals surface area contributed by atoms with Crippen molar-refractivity contribution in [3.05, 3.63) is 101 Å². The molecule has 3 atom stereocenters. The molecule has 2 unspecified atom stereocenters. The van der Waals surface area contributed by atoms with E-state index in [-0.39, 0.29) is 43.9 Å². The van der Waals surface area contributed by atoms with Crippen molar-refractivity contribution in [3.8, 4) is 11.1 Å². The third kappa shape index (κ3) is 5.78. The second-order valence-corrected chi connectivity index (χ2v) is 13.7. The van der Waals surface area contributed by atoms with Gasteiger partial charge in [0.2, 0.25) is 0 Å². The van der Waals surface area contributed by atoms with Gasteiger partial charge in [-0.05, 0) is 60.2 Å². The Bertz CT molecular complexity index is 1880. The van der Waals surface area contributed by atoms with Crippen LogP contribution in [0, 0.1) is 17.6 Å². The maximum absolute atomic E-state index is 15.1. The molecule has 6 nitrogen and oxygen atoms in total. The average molecular weight is 652 g/mol. The fourth-order valence-corrected chi connectivity index (χ4v) is 7.24. The van der Waals surface area contributed by atoms with Crippen LogP contribution in [-0.2, 0) is 33.5 Å². The first-order valence-electron chi connectivity index (χ1n) is 14.3. The number of carbonyl (C=O) groups is 1. The van der Waals surface area contributed by atoms with E-state index in [0.717, 1.165) is 12.1 Å². The largest absolute Gasteiger partial charge is 0.298 e. The molecule has 0 saturated heterocycles. The van der Waals surface area contributed by atoms with Crippen molar-refractivity contribution in [1.82, 2.24) is 14.8 Å². The zero-order valence-corrected chi connectivity index (χ0v) is 24.7. The molecular weight excluding hydrogens is 620 g/mol. The number of Topliss-reactive ketones (excluding diaryl/α,β-unsaturated/α-hetero) is 1. The Morgan fingerprint density at radius 1 is 1.07 bits per heavy atom. The predicted octanol–water partition coefficient (Wildman–Crippen LogP) is 7.64. The van der Waals surface area contributed by atoms with Crippen molar-refractivity contribution in [2.75, 3.05) is 5.75 Å². The van der Waals surface area contributed by atoms with Gasteiger partial charge in [-0.3, -0.25) is 14.5 Å². The molecule has 2 aliphatic rings. The summed E-state index contributed by atoms with van der Waals surface area (Å²) in [6, 6.07) is 12.3. The molecule has 4 aromatic rings. The summed E-state index contributed by atoms with van der Waals surface area (Å²) < 4.78 is 111. The normalized spacial score (nSPS) is 18.9. The van der Waals surface area contributed by atoms with E-state index in [0.29, 0.717) is 27.6 Å². The topological polar surface area (TPSA) is 81.9 Å². The first-order chi connectivity index (χ1) is 21.3. The van der Waals surface area contributed by atoms with Crippen LogP contribution in [0.3, 0.4) is 0 Å². The van der Waals surface area contributed by atoms with E-state index in [1.54, 1.807) is 24.3 Å². The minimum atomic E-state index is -3.48. The number of sulfone groups is 1. The minimum Gasteiger partial charge on any atom is -0.298 e. The van der Waals surface area contributed by atoms with E-state index in [1.165, 1.54) is 25.3 Å². The number of benzene rings is 2. The number of hydrogen-bond acceptors (Lipinski definition) is 5. The summed E-state index contributed by atoms with van der Waals surface area (Å²) in [7, 11) is -3.48. The molecule has 2 aromatic carbocycles. The maximum Gasteiger partial charge on any atom is 0.293 e. The number of carbonyl (C=O) groups excluding carboxylic acids is 1. The molecule has 0 N–H and O–H groups in total. The SMILES string of the molecule is CCS(=O)(=O)c1ccc(-c2cccnc2[C@@H](CC(=O)Cn2nc(C(F)F)c3c2C(F)(F)C2CC32)Cc2cc(F)cc(F)c2)cc1.[HH].[HH]. The van der Waals surface area contributed by atoms with Crippen LogP contribution in [0.4, 0.5) is 26.3 Å². The molecule has 1 fully saturated rings. The van der Waals surface area contributed by atoms with Gasteiger partial charge in [-0.15, -0.1) is 0 Å². The molecule has 13 heteroatoms. The highest BCUT2D eigenvalue weighted by atomic mass is 32.2. The summed E-state index contributed by atoms with van der Waals surface area (Å²) in [4.78, 5) is 18.1. The number of hydrogen-bond donors (Lipinski definition) is 0. The number of alkyl halides is 4. The number of aromatic nitrogens is 3. The van der Waals surface area contributed by atoms with Crippen LogP contribution in [0.1, 0.15) is 69.1 Å². The molecule has 0 radical (unpaired) electrons. The van der Waals surface area contributed by atoms with Crippen molar-refractivity contribution in [2.45, 2.75) is 61.8 Å². The molecular formula is C32H31F6N3O3S. The standard InChI is InChI=1S/C32H27F6N3O3S.2H2/c1-2-45(43,44)23-7-5-18(6-8-23)24-4-3-9-39-28(24)19(10-17-11-20(33)14-21(34)12-17)13-22(42)16-41-30-27(29(40-41)31(35)36)25-15-26(25)32(30,37)38;;/h3-9,11-12,14,19,25-26,31H,2,10,13,15-16H2,1H3;2*1H/t19-,25?,26?;;/m1../s1. The van der Waals surface area contributed by atoms with E-state index >= 15 is 8.78 Å². The van der Waals surface area contributed by atoms with Crippen molar-refractivity contribution in [2.24, 2.45) is 5.92 Å². The molecule has 240 valence electrons. The Balaban J connectivity index is 0.00000250. The van der Waals surface area contributed by atoms with Crippen LogP contribution in [-0.4, -0.2) is 34.7 Å². The van der Waals surface area contributed by atoms with Gasteiger partial charge in [-0.1, -0.05) is 25.1 Å². The lowest BCUT2D eigenvalue weighted by Crippen LogP contribution is -2.24. The van der Waals surface area contributed by atoms with Crippen LogP contribution in [0.5, 0.6) is 0 Å². The fourth-order valence-electron chi connectivity index (χ4n) is 6.36. The number of pyridine rings is 1. The highest BCUT2D eigenvalue weighted by Crippen LogP contribution is 2.68. The van der Waals surface area contributed by atoms with Gasteiger partial charge < -0.3 is 0 Å². The summed E-state index contributed by atoms with van der Waals surface area (Å²) in [5.74, 6) is -8.42. The lowest BCUT2D eigenvalue weighted by atomic mass is 9.87. The van der Waals surface area contributed by atoms with E-state index in [1.807, 2.05) is 0 Å². The Kier molecular flexibility index (Phi) is 7.87. The van der Waals surface area contributed by atoms with Crippen LogP contribution in [0.2, 0.25) is 0 Å². The molecule has 2 aromatic heterocycles. The summed E-state index contributed by atoms with van der Waals surface area (Å²) in [6.45, 7) is 0.818. The molecule has 2 aliphatic carbocycles. The molecule has 2 heterocycles. The van der Waals surface area contributed by atoms with Crippen molar-refractivity contribution >= 4 is 15.6 Å². The highest BCUT2D eigenvalue weighted by Gasteiger charge is 2.67. The van der Waals surface area contributed by atoms with E-state index in [2.05, 4.69) is 10.1 Å². The van der Waals surface area contributed by atoms with Gasteiger partial charge in [0.15, 0.2) is 15.6 Å². The molecule has 45 heavy (non-hydrogen) atoms. The number of ketones is 1. The monoisotopic (exact) mass is 651 g/mol. The molecule has 0 spiro atoms. The number of fused-ring (bicyclic) bond motifs is 3. The number of rotatable bonds is 11. The van der Waals surface area contributed by atoms with Gasteiger partial charge >= 0.3 is 0 Å². The summed E-state index contributed by atoms with van der Waals surface area (Å²) in [5.41, 5.74) is 0.0392.